The number of para-hydroxylation sites is 1. The zero-order chi connectivity index (χ0) is 14.9. The van der Waals surface area contributed by atoms with Crippen LogP contribution in [0.1, 0.15) is 36.8 Å². The van der Waals surface area contributed by atoms with Crippen molar-refractivity contribution in [2.45, 2.75) is 26.2 Å². The van der Waals surface area contributed by atoms with Gasteiger partial charge in [-0.15, -0.1) is 0 Å². The Morgan fingerprint density at radius 3 is 2.50 bits per heavy atom. The van der Waals surface area contributed by atoms with Gasteiger partial charge < -0.3 is 10.4 Å². The normalized spacial score (nSPS) is 11.4. The first-order chi connectivity index (χ1) is 9.29. The van der Waals surface area contributed by atoms with Gasteiger partial charge in [0.2, 0.25) is 0 Å². The highest BCUT2D eigenvalue weighted by Crippen LogP contribution is 2.26. The summed E-state index contributed by atoms with van der Waals surface area (Å²) in [4.78, 5) is 11.2. The van der Waals surface area contributed by atoms with Gasteiger partial charge >= 0.3 is 5.97 Å². The predicted octanol–water partition coefficient (Wildman–Crippen LogP) is 3.16. The summed E-state index contributed by atoms with van der Waals surface area (Å²) in [5, 5.41) is 16.8. The van der Waals surface area contributed by atoms with Crippen LogP contribution in [0.25, 0.3) is 0 Å². The van der Waals surface area contributed by atoms with Crippen LogP contribution in [0.5, 0.6) is 0 Å². The van der Waals surface area contributed by atoms with Crippen molar-refractivity contribution in [3.8, 4) is 0 Å². The molecule has 0 fully saturated rings. The van der Waals surface area contributed by atoms with E-state index < -0.39 is 5.97 Å². The summed E-state index contributed by atoms with van der Waals surface area (Å²) < 4.78 is 1.72. The van der Waals surface area contributed by atoms with Gasteiger partial charge in [0.25, 0.3) is 0 Å². The van der Waals surface area contributed by atoms with Crippen LogP contribution in [0.3, 0.4) is 0 Å². The van der Waals surface area contributed by atoms with Gasteiger partial charge in [-0.1, -0.05) is 32.9 Å². The summed E-state index contributed by atoms with van der Waals surface area (Å²) in [5.41, 5.74) is 1.70. The number of hydrogen-bond acceptors (Lipinski definition) is 3. The third-order valence-electron chi connectivity index (χ3n) is 3.07. The number of nitrogens with zero attached hydrogens (tertiary/aromatic N) is 2. The van der Waals surface area contributed by atoms with E-state index in [2.05, 4.69) is 31.2 Å². The second-order valence-corrected chi connectivity index (χ2v) is 5.76. The van der Waals surface area contributed by atoms with Gasteiger partial charge in [-0.05, 0) is 12.1 Å². The molecule has 5 heteroatoms. The van der Waals surface area contributed by atoms with E-state index in [4.69, 9.17) is 0 Å². The molecule has 106 valence electrons. The monoisotopic (exact) mass is 273 g/mol. The number of benzene rings is 1. The zero-order valence-electron chi connectivity index (χ0n) is 12.1. The SMILES string of the molecule is Cn1nc(C(C)(C)C)cc1Nc1ccccc1C(=O)O. The van der Waals surface area contributed by atoms with Crippen LogP contribution in [-0.4, -0.2) is 20.9 Å². The lowest BCUT2D eigenvalue weighted by Gasteiger charge is -2.13. The molecule has 5 nitrogen and oxygen atoms in total. The molecule has 0 amide bonds. The maximum absolute atomic E-state index is 11.2. The molecule has 1 aromatic heterocycles. The standard InChI is InChI=1S/C15H19N3O2/c1-15(2,3)12-9-13(18(4)17-12)16-11-8-6-5-7-10(11)14(19)20/h5-9,16H,1-4H3,(H,19,20). The van der Waals surface area contributed by atoms with Crippen LogP contribution in [0.4, 0.5) is 11.5 Å². The first-order valence-corrected chi connectivity index (χ1v) is 6.43. The van der Waals surface area contributed by atoms with Crippen LogP contribution in [0.2, 0.25) is 0 Å². The van der Waals surface area contributed by atoms with E-state index >= 15 is 0 Å². The molecular weight excluding hydrogens is 254 g/mol. The van der Waals surface area contributed by atoms with Crippen molar-refractivity contribution in [1.82, 2.24) is 9.78 Å². The minimum Gasteiger partial charge on any atom is -0.478 e. The molecule has 20 heavy (non-hydrogen) atoms. The Morgan fingerprint density at radius 1 is 1.30 bits per heavy atom. The van der Waals surface area contributed by atoms with E-state index in [0.29, 0.717) is 5.69 Å². The lowest BCUT2D eigenvalue weighted by molar-refractivity contribution is 0.0698. The number of aryl methyl sites for hydroxylation is 1. The number of carboxylic acids is 1. The fourth-order valence-corrected chi connectivity index (χ4v) is 1.87. The quantitative estimate of drug-likeness (QED) is 0.901. The molecule has 0 aliphatic carbocycles. The second-order valence-electron chi connectivity index (χ2n) is 5.76. The Balaban J connectivity index is 2.36. The molecule has 1 aromatic carbocycles. The van der Waals surface area contributed by atoms with Crippen LogP contribution in [-0.2, 0) is 12.5 Å². The van der Waals surface area contributed by atoms with Gasteiger partial charge in [0, 0.05) is 18.5 Å². The van der Waals surface area contributed by atoms with Crippen LogP contribution < -0.4 is 5.32 Å². The molecule has 0 spiro atoms. The number of rotatable bonds is 3. The Morgan fingerprint density at radius 2 is 1.95 bits per heavy atom. The predicted molar refractivity (Wildman–Crippen MR) is 78.6 cm³/mol. The van der Waals surface area contributed by atoms with Gasteiger partial charge in [-0.25, -0.2) is 4.79 Å². The van der Waals surface area contributed by atoms with Gasteiger partial charge in [0.1, 0.15) is 5.82 Å². The average molecular weight is 273 g/mol. The molecule has 0 bridgehead atoms. The summed E-state index contributed by atoms with van der Waals surface area (Å²) in [6.07, 6.45) is 0. The zero-order valence-corrected chi connectivity index (χ0v) is 12.1. The molecule has 0 radical (unpaired) electrons. The van der Waals surface area contributed by atoms with Crippen molar-refractivity contribution in [2.24, 2.45) is 7.05 Å². The first-order valence-electron chi connectivity index (χ1n) is 6.43. The summed E-state index contributed by atoms with van der Waals surface area (Å²) >= 11 is 0. The number of anilines is 2. The lowest BCUT2D eigenvalue weighted by Crippen LogP contribution is -2.12. The number of aromatic nitrogens is 2. The van der Waals surface area contributed by atoms with Crippen LogP contribution in [0.15, 0.2) is 30.3 Å². The van der Waals surface area contributed by atoms with Crippen molar-refractivity contribution < 1.29 is 9.90 Å². The summed E-state index contributed by atoms with van der Waals surface area (Å²) in [5.74, 6) is -0.185. The van der Waals surface area contributed by atoms with E-state index in [1.54, 1.807) is 28.9 Å². The van der Waals surface area contributed by atoms with Gasteiger partial charge in [0.05, 0.1) is 16.9 Å². The molecule has 2 rings (SSSR count). The minimum absolute atomic E-state index is 0.0516. The van der Waals surface area contributed by atoms with E-state index in [0.717, 1.165) is 11.5 Å². The maximum atomic E-state index is 11.2. The molecule has 0 unspecified atom stereocenters. The summed E-state index contributed by atoms with van der Waals surface area (Å²) in [6.45, 7) is 6.26. The van der Waals surface area contributed by atoms with E-state index in [-0.39, 0.29) is 11.0 Å². The van der Waals surface area contributed by atoms with Crippen molar-refractivity contribution in [1.29, 1.82) is 0 Å². The molecule has 0 saturated heterocycles. The number of carboxylic acid groups (broad SMARTS) is 1. The smallest absolute Gasteiger partial charge is 0.337 e. The van der Waals surface area contributed by atoms with Crippen molar-refractivity contribution in [2.75, 3.05) is 5.32 Å². The van der Waals surface area contributed by atoms with Gasteiger partial charge in [-0.3, -0.25) is 4.68 Å². The molecule has 0 aliphatic heterocycles. The Bertz CT molecular complexity index is 639. The molecule has 0 saturated carbocycles. The largest absolute Gasteiger partial charge is 0.478 e. The fourth-order valence-electron chi connectivity index (χ4n) is 1.87. The molecule has 2 N–H and O–H groups in total. The maximum Gasteiger partial charge on any atom is 0.337 e. The van der Waals surface area contributed by atoms with Crippen LogP contribution in [0, 0.1) is 0 Å². The van der Waals surface area contributed by atoms with Crippen molar-refractivity contribution in [3.63, 3.8) is 0 Å². The lowest BCUT2D eigenvalue weighted by atomic mass is 9.92. The molecule has 2 aromatic rings. The highest BCUT2D eigenvalue weighted by atomic mass is 16.4. The first kappa shape index (κ1) is 14.1. The van der Waals surface area contributed by atoms with E-state index in [1.165, 1.54) is 0 Å². The number of aromatic carboxylic acids is 1. The molecular formula is C15H19N3O2. The average Bonchev–Trinajstić information content (AvgIpc) is 2.71. The highest BCUT2D eigenvalue weighted by molar-refractivity contribution is 5.95. The molecule has 0 aliphatic rings. The highest BCUT2D eigenvalue weighted by Gasteiger charge is 2.19. The number of hydrogen-bond donors (Lipinski definition) is 2. The number of carbonyl (C=O) groups is 1. The van der Waals surface area contributed by atoms with E-state index in [9.17, 15) is 9.90 Å². The molecule has 1 heterocycles. The van der Waals surface area contributed by atoms with Crippen LogP contribution >= 0.6 is 0 Å². The van der Waals surface area contributed by atoms with E-state index in [1.807, 2.05) is 13.1 Å². The topological polar surface area (TPSA) is 67.2 Å². The Kier molecular flexibility index (Phi) is 3.53. The Hall–Kier alpha value is -2.30. The third kappa shape index (κ3) is 2.82. The fraction of sp³-hybridized carbons (Fsp3) is 0.333. The van der Waals surface area contributed by atoms with Crippen molar-refractivity contribution >= 4 is 17.5 Å². The number of nitrogens with one attached hydrogen (secondary N) is 1. The van der Waals surface area contributed by atoms with Gasteiger partial charge in [-0.2, -0.15) is 5.10 Å². The van der Waals surface area contributed by atoms with Crippen molar-refractivity contribution in [3.05, 3.63) is 41.6 Å². The minimum atomic E-state index is -0.952. The summed E-state index contributed by atoms with van der Waals surface area (Å²) in [7, 11) is 1.83. The third-order valence-corrected chi connectivity index (χ3v) is 3.07. The summed E-state index contributed by atoms with van der Waals surface area (Å²) in [6, 6.07) is 8.77. The van der Waals surface area contributed by atoms with Gasteiger partial charge in [0.15, 0.2) is 0 Å². The second kappa shape index (κ2) is 5.00. The molecule has 0 atom stereocenters. The Labute approximate surface area is 118 Å².